The van der Waals surface area contributed by atoms with Crippen LogP contribution in [-0.4, -0.2) is 153 Å². The Balaban J connectivity index is 2.55. The summed E-state index contributed by atoms with van der Waals surface area (Å²) >= 11 is 7.89. The minimum atomic E-state index is -1.79. The van der Waals surface area contributed by atoms with Crippen molar-refractivity contribution in [1.82, 2.24) is 47.5 Å². The smallest absolute Gasteiger partial charge is 0.327 e. The van der Waals surface area contributed by atoms with Crippen molar-refractivity contribution in [3.8, 4) is 0 Å². The fourth-order valence-electron chi connectivity index (χ4n) is 7.58. The fraction of sp³-hybridized carbons (Fsp3) is 0.574. The molecule has 29 heteroatoms. The maximum atomic E-state index is 14.5. The number of rotatable bonds is 35. The molecule has 422 valence electrons. The third kappa shape index (κ3) is 22.5. The van der Waals surface area contributed by atoms with Crippen molar-refractivity contribution in [3.63, 3.8) is 0 Å². The van der Waals surface area contributed by atoms with Crippen molar-refractivity contribution in [2.45, 2.75) is 140 Å². The van der Waals surface area contributed by atoms with Crippen molar-refractivity contribution < 1.29 is 62.6 Å². The molecule has 0 aliphatic heterocycles. The molecule has 20 N–H and O–H groups in total. The van der Waals surface area contributed by atoms with Crippen LogP contribution in [-0.2, 0) is 64.0 Å². The lowest BCUT2D eigenvalue weighted by molar-refractivity contribution is -0.142. The van der Waals surface area contributed by atoms with Crippen molar-refractivity contribution >= 4 is 107 Å². The van der Waals surface area contributed by atoms with Crippen LogP contribution in [0.2, 0.25) is 0 Å². The van der Waals surface area contributed by atoms with E-state index in [1.807, 2.05) is 0 Å². The van der Waals surface area contributed by atoms with Crippen molar-refractivity contribution in [2.75, 3.05) is 18.1 Å². The highest BCUT2D eigenvalue weighted by Crippen LogP contribution is 2.20. The average Bonchev–Trinajstić information content (AvgIpc) is 3.74. The lowest BCUT2D eigenvalue weighted by Crippen LogP contribution is -2.61. The number of nitrogens with two attached hydrogens (primary N) is 5. The number of aromatic amines is 1. The Labute approximate surface area is 450 Å². The Morgan fingerprint density at radius 3 is 1.33 bits per heavy atom. The Morgan fingerprint density at radius 1 is 0.526 bits per heavy atom. The molecule has 1 heterocycles. The number of benzene rings is 1. The molecule has 2 rings (SSSR count). The van der Waals surface area contributed by atoms with Crippen molar-refractivity contribution in [3.05, 3.63) is 36.0 Å². The van der Waals surface area contributed by atoms with E-state index in [0.29, 0.717) is 22.9 Å². The first-order chi connectivity index (χ1) is 35.7. The summed E-state index contributed by atoms with van der Waals surface area (Å²) in [6.07, 6.45) is -0.393. The molecule has 0 radical (unpaired) electrons. The zero-order valence-electron chi connectivity index (χ0n) is 42.9. The quantitative estimate of drug-likeness (QED) is 0.0229. The van der Waals surface area contributed by atoms with Crippen LogP contribution in [0.4, 0.5) is 0 Å². The van der Waals surface area contributed by atoms with Crippen LogP contribution in [0.25, 0.3) is 10.9 Å². The highest BCUT2D eigenvalue weighted by atomic mass is 32.1. The number of primary amides is 3. The molecule has 0 saturated heterocycles. The third-order valence-corrected chi connectivity index (χ3v) is 12.2. The second kappa shape index (κ2) is 32.5. The van der Waals surface area contributed by atoms with Crippen molar-refractivity contribution in [1.29, 1.82) is 0 Å². The number of H-pyrrole nitrogens is 1. The third-order valence-electron chi connectivity index (χ3n) is 11.4. The molecule has 27 nitrogen and oxygen atoms in total. The van der Waals surface area contributed by atoms with Gasteiger partial charge in [-0.2, -0.15) is 25.3 Å². The molecule has 76 heavy (non-hydrogen) atoms. The second-order valence-corrected chi connectivity index (χ2v) is 19.6. The molecule has 0 saturated carbocycles. The van der Waals surface area contributed by atoms with Gasteiger partial charge in [0.15, 0.2) is 0 Å². The van der Waals surface area contributed by atoms with E-state index in [1.54, 1.807) is 58.2 Å². The Hall–Kier alpha value is -6.98. The van der Waals surface area contributed by atoms with Gasteiger partial charge in [-0.15, -0.1) is 0 Å². The number of hydrogen-bond acceptors (Lipinski definition) is 16. The van der Waals surface area contributed by atoms with E-state index in [9.17, 15) is 62.6 Å². The summed E-state index contributed by atoms with van der Waals surface area (Å²) < 4.78 is 0. The number of thiol groups is 2. The van der Waals surface area contributed by atoms with Crippen LogP contribution in [0.3, 0.4) is 0 Å². The molecule has 11 amide bonds. The normalized spacial score (nSPS) is 14.8. The monoisotopic (exact) mass is 1110 g/mol. The number of carbonyl (C=O) groups excluding carboxylic acids is 11. The van der Waals surface area contributed by atoms with Crippen LogP contribution >= 0.6 is 25.3 Å². The maximum absolute atomic E-state index is 14.5. The zero-order valence-corrected chi connectivity index (χ0v) is 44.6. The molecule has 1 aromatic heterocycles. The van der Waals surface area contributed by atoms with Gasteiger partial charge in [0, 0.05) is 35.0 Å². The van der Waals surface area contributed by atoms with Crippen LogP contribution in [0.15, 0.2) is 30.5 Å². The highest BCUT2D eigenvalue weighted by Gasteiger charge is 2.36. The largest absolute Gasteiger partial charge is 0.480 e. The molecule has 9 atom stereocenters. The van der Waals surface area contributed by atoms with Gasteiger partial charge in [0.25, 0.3) is 0 Å². The molecule has 0 spiro atoms. The topological polar surface area (TPSA) is 467 Å². The molecule has 0 aliphatic carbocycles. The lowest BCUT2D eigenvalue weighted by Gasteiger charge is -2.28. The first kappa shape index (κ1) is 65.1. The predicted octanol–water partition coefficient (Wildman–Crippen LogP) is -4.29. The summed E-state index contributed by atoms with van der Waals surface area (Å²) in [5.41, 5.74) is 28.9. The van der Waals surface area contributed by atoms with E-state index >= 15 is 0 Å². The maximum Gasteiger partial charge on any atom is 0.327 e. The Bertz CT molecular complexity index is 2390. The number of amides is 11. The number of fused-ring (bicyclic) bond motifs is 1. The fourth-order valence-corrected chi connectivity index (χ4v) is 8.00. The summed E-state index contributed by atoms with van der Waals surface area (Å²) in [7, 11) is 0. The zero-order chi connectivity index (χ0) is 57.4. The average molecular weight is 1110 g/mol. The van der Waals surface area contributed by atoms with E-state index < -0.39 is 145 Å². The first-order valence-corrected chi connectivity index (χ1v) is 25.7. The summed E-state index contributed by atoms with van der Waals surface area (Å²) in [6, 6.07) is -6.53. The van der Waals surface area contributed by atoms with Crippen LogP contribution in [0.1, 0.15) is 84.6 Å². The van der Waals surface area contributed by atoms with E-state index in [0.717, 1.165) is 0 Å². The van der Waals surface area contributed by atoms with Gasteiger partial charge in [0.1, 0.15) is 48.3 Å². The van der Waals surface area contributed by atoms with E-state index in [4.69, 9.17) is 28.7 Å². The number of hydrogen-bond donors (Lipinski definition) is 17. The van der Waals surface area contributed by atoms with Crippen molar-refractivity contribution in [2.24, 2.45) is 40.5 Å². The molecule has 0 bridgehead atoms. The number of carbonyl (C=O) groups is 12. The summed E-state index contributed by atoms with van der Waals surface area (Å²) in [4.78, 5) is 161. The number of aromatic nitrogens is 1. The molecule has 1 aromatic carbocycles. The molecular formula is C47H74N14O13S2. The van der Waals surface area contributed by atoms with Gasteiger partial charge >= 0.3 is 5.97 Å². The van der Waals surface area contributed by atoms with Gasteiger partial charge in [-0.05, 0) is 62.1 Å². The number of unbranched alkanes of at least 4 members (excludes halogenated alkanes) is 1. The molecule has 0 unspecified atom stereocenters. The van der Waals surface area contributed by atoms with Gasteiger partial charge in [0.05, 0.1) is 25.3 Å². The number of aliphatic carboxylic acids is 1. The summed E-state index contributed by atoms with van der Waals surface area (Å²) in [5, 5.41) is 29.6. The number of nitrogens with one attached hydrogen (secondary N) is 9. The summed E-state index contributed by atoms with van der Waals surface area (Å²) in [6.45, 7) is 7.07. The van der Waals surface area contributed by atoms with Gasteiger partial charge in [-0.3, -0.25) is 52.7 Å². The van der Waals surface area contributed by atoms with Crippen LogP contribution < -0.4 is 71.2 Å². The Morgan fingerprint density at radius 2 is 0.908 bits per heavy atom. The molecule has 0 fully saturated rings. The number of carboxylic acids is 1. The minimum absolute atomic E-state index is 0.0453. The van der Waals surface area contributed by atoms with Crippen LogP contribution in [0, 0.1) is 11.8 Å². The second-order valence-electron chi connectivity index (χ2n) is 18.9. The van der Waals surface area contributed by atoms with E-state index in [2.05, 4.69) is 72.8 Å². The van der Waals surface area contributed by atoms with Gasteiger partial charge in [0.2, 0.25) is 65.0 Å². The van der Waals surface area contributed by atoms with Gasteiger partial charge < -0.3 is 81.3 Å². The van der Waals surface area contributed by atoms with Crippen LogP contribution in [0.5, 0.6) is 0 Å². The van der Waals surface area contributed by atoms with E-state index in [-0.39, 0.29) is 62.0 Å². The lowest BCUT2D eigenvalue weighted by atomic mass is 9.99. The molecule has 2 aromatic rings. The predicted molar refractivity (Wildman–Crippen MR) is 284 cm³/mol. The highest BCUT2D eigenvalue weighted by molar-refractivity contribution is 7.80. The Kier molecular flexibility index (Phi) is 27.8. The molecule has 0 aliphatic rings. The molecular weight excluding hydrogens is 1030 g/mol. The number of para-hydroxylation sites is 1. The first-order valence-electron chi connectivity index (χ1n) is 24.4. The van der Waals surface area contributed by atoms with E-state index in [1.165, 1.54) is 0 Å². The number of carboxylic acid groups (broad SMARTS) is 1. The summed E-state index contributed by atoms with van der Waals surface area (Å²) in [5.74, 6) is -13.4. The standard InChI is InChI=1S/C47H74N14O13S2/c1-22(2)13-29(41(67)56-30(14-23(3)4)42(68)59-34(18-38(52)64)46(72)61-35(21-76)47(73)74)57-45(71)33(17-37(51)63)60-43(69)31(15-24-19-53-27-10-6-5-9-25(24)27)58-40(66)28(11-7-8-12-48)54-44(70)32(16-36(50)62)55-39(65)26(49)20-75/h5-6,9-10,19,22-23,26,28-35,53,75-76H,7-8,11-18,20-21,48-49H2,1-4H3,(H2,50,62)(H2,51,63)(H2,52,64)(H,54,70)(H,55,65)(H,56,67)(H,57,71)(H,58,66)(H,59,68)(H,60,69)(H,61,72)(H,73,74)/t26-,28-,29-,30-,31-,32-,33-,34-,35-/m0/s1. The SMILES string of the molecule is CC(C)C[C@H](NC(=O)[C@H](CC(C)C)NC(=O)[C@H](CC(N)=O)NC(=O)[C@H](Cc1c[nH]c2ccccc12)NC(=O)[C@H](CCCCN)NC(=O)[C@H](CC(N)=O)NC(=O)[C@@H](N)CS)C(=O)N[C@@H](CC(N)=O)C(=O)N[C@@H](CS)C(=O)O. The van der Waals surface area contributed by atoms with Gasteiger partial charge in [-0.1, -0.05) is 45.9 Å². The van der Waals surface area contributed by atoms with Gasteiger partial charge in [-0.25, -0.2) is 4.79 Å². The minimum Gasteiger partial charge on any atom is -0.480 e.